The number of rotatable bonds is 10. The van der Waals surface area contributed by atoms with Gasteiger partial charge in [0.1, 0.15) is 0 Å². The number of hydrogen-bond acceptors (Lipinski definition) is 6. The zero-order valence-electron chi connectivity index (χ0n) is 19.0. The van der Waals surface area contributed by atoms with Crippen LogP contribution in [-0.4, -0.2) is 37.5 Å². The van der Waals surface area contributed by atoms with Crippen LogP contribution in [0.3, 0.4) is 0 Å². The molecule has 178 valence electrons. The van der Waals surface area contributed by atoms with Gasteiger partial charge < -0.3 is 19.5 Å². The average molecular weight is 503 g/mol. The highest BCUT2D eigenvalue weighted by atomic mass is 35.5. The maximum absolute atomic E-state index is 13.2. The Morgan fingerprint density at radius 2 is 1.68 bits per heavy atom. The molecule has 1 heterocycles. The van der Waals surface area contributed by atoms with E-state index in [4.69, 9.17) is 37.4 Å². The van der Waals surface area contributed by atoms with E-state index in [2.05, 4.69) is 10.3 Å². The molecule has 7 nitrogen and oxygen atoms in total. The summed E-state index contributed by atoms with van der Waals surface area (Å²) in [5.74, 6) is -0.0291. The van der Waals surface area contributed by atoms with E-state index >= 15 is 0 Å². The molecule has 2 aromatic carbocycles. The molecule has 3 rings (SSSR count). The van der Waals surface area contributed by atoms with Gasteiger partial charge in [-0.15, -0.1) is 0 Å². The monoisotopic (exact) mass is 502 g/mol. The van der Waals surface area contributed by atoms with Crippen LogP contribution in [0.15, 0.2) is 48.8 Å². The Morgan fingerprint density at radius 3 is 2.32 bits per heavy atom. The van der Waals surface area contributed by atoms with Crippen molar-refractivity contribution in [3.05, 3.63) is 81.1 Å². The van der Waals surface area contributed by atoms with Gasteiger partial charge in [-0.3, -0.25) is 14.6 Å². The van der Waals surface area contributed by atoms with Crippen LogP contribution >= 0.6 is 23.2 Å². The third-order valence-corrected chi connectivity index (χ3v) is 5.83. The number of Topliss-reactive ketones (excluding diaryl/α,β-unsaturated/α-hetero) is 1. The molecule has 3 aromatic rings. The summed E-state index contributed by atoms with van der Waals surface area (Å²) in [4.78, 5) is 29.6. The molecule has 1 aromatic heterocycles. The number of carbonyl (C=O) groups excluding carboxylic acids is 2. The lowest BCUT2D eigenvalue weighted by Crippen LogP contribution is -2.29. The number of pyridine rings is 1. The Morgan fingerprint density at radius 1 is 0.971 bits per heavy atom. The summed E-state index contributed by atoms with van der Waals surface area (Å²) in [5, 5.41) is 3.37. The molecule has 0 aliphatic carbocycles. The van der Waals surface area contributed by atoms with Gasteiger partial charge in [-0.25, -0.2) is 0 Å². The number of carbonyl (C=O) groups is 2. The van der Waals surface area contributed by atoms with Crippen LogP contribution in [0.5, 0.6) is 17.2 Å². The number of aryl methyl sites for hydroxylation is 1. The summed E-state index contributed by atoms with van der Waals surface area (Å²) in [6, 6.07) is 10.9. The molecule has 0 unspecified atom stereocenters. The molecule has 34 heavy (non-hydrogen) atoms. The molecule has 0 radical (unpaired) electrons. The van der Waals surface area contributed by atoms with Crippen molar-refractivity contribution >= 4 is 34.9 Å². The molecule has 0 saturated carbocycles. The van der Waals surface area contributed by atoms with E-state index in [-0.39, 0.29) is 51.8 Å². The number of benzene rings is 2. The van der Waals surface area contributed by atoms with Crippen molar-refractivity contribution in [1.82, 2.24) is 10.3 Å². The number of halogens is 2. The Hall–Kier alpha value is -3.29. The van der Waals surface area contributed by atoms with Gasteiger partial charge >= 0.3 is 0 Å². The van der Waals surface area contributed by atoms with E-state index in [1.807, 2.05) is 31.2 Å². The molecular weight excluding hydrogens is 479 g/mol. The lowest BCUT2D eigenvalue weighted by molar-refractivity contribution is -0.123. The third-order valence-electron chi connectivity index (χ3n) is 5.18. The quantitative estimate of drug-likeness (QED) is 0.399. The Labute approximate surface area is 208 Å². The van der Waals surface area contributed by atoms with E-state index in [0.717, 1.165) is 11.1 Å². The molecule has 0 bridgehead atoms. The third kappa shape index (κ3) is 5.98. The van der Waals surface area contributed by atoms with Gasteiger partial charge in [0.25, 0.3) is 5.91 Å². The number of amides is 1. The molecule has 0 saturated heterocycles. The smallest absolute Gasteiger partial charge is 0.258 e. The number of hydrogen-bond donors (Lipinski definition) is 1. The van der Waals surface area contributed by atoms with Gasteiger partial charge in [0.05, 0.1) is 29.8 Å². The minimum absolute atomic E-state index is 0.0918. The molecule has 1 N–H and O–H groups in total. The molecule has 0 atom stereocenters. The van der Waals surface area contributed by atoms with Gasteiger partial charge in [0.15, 0.2) is 23.9 Å². The summed E-state index contributed by atoms with van der Waals surface area (Å²) < 4.78 is 16.5. The fourth-order valence-electron chi connectivity index (χ4n) is 3.32. The Bertz CT molecular complexity index is 1180. The van der Waals surface area contributed by atoms with Crippen molar-refractivity contribution in [3.8, 4) is 17.2 Å². The Balaban J connectivity index is 1.81. The number of ether oxygens (including phenoxy) is 3. The van der Waals surface area contributed by atoms with Crippen molar-refractivity contribution in [2.45, 2.75) is 19.9 Å². The van der Waals surface area contributed by atoms with Crippen LogP contribution in [0, 0.1) is 6.92 Å². The van der Waals surface area contributed by atoms with Crippen molar-refractivity contribution in [2.24, 2.45) is 0 Å². The fraction of sp³-hybridized carbons (Fsp3) is 0.240. The number of nitrogens with zero attached hydrogens (tertiary/aromatic N) is 1. The first-order valence-electron chi connectivity index (χ1n) is 10.4. The Kier molecular flexibility index (Phi) is 8.73. The average Bonchev–Trinajstić information content (AvgIpc) is 2.83. The molecule has 0 fully saturated rings. The maximum Gasteiger partial charge on any atom is 0.258 e. The van der Waals surface area contributed by atoms with E-state index in [0.29, 0.717) is 17.9 Å². The van der Waals surface area contributed by atoms with Crippen molar-refractivity contribution in [3.63, 3.8) is 0 Å². The van der Waals surface area contributed by atoms with Crippen LogP contribution in [-0.2, 0) is 17.8 Å². The van der Waals surface area contributed by atoms with Gasteiger partial charge in [-0.05, 0) is 30.2 Å². The van der Waals surface area contributed by atoms with Gasteiger partial charge in [0.2, 0.25) is 5.75 Å². The first-order chi connectivity index (χ1) is 16.3. The zero-order chi connectivity index (χ0) is 24.7. The fourth-order valence-corrected chi connectivity index (χ4v) is 3.81. The molecular formula is C25H24Cl2N2O5. The standard InChI is InChI=1S/C25H24Cl2N2O5/c1-15-6-4-5-7-16(15)11-29-23(31)14-34-24-17(8-9-22(32-2)25(24)33-3)21(30)10-18-19(26)12-28-13-20(18)27/h4-9,12-13H,10-11,14H2,1-3H3,(H,29,31). The molecule has 1 amide bonds. The van der Waals surface area contributed by atoms with Crippen LogP contribution in [0.25, 0.3) is 0 Å². The summed E-state index contributed by atoms with van der Waals surface area (Å²) in [6.45, 7) is 2.00. The van der Waals surface area contributed by atoms with E-state index < -0.39 is 0 Å². The highest BCUT2D eigenvalue weighted by molar-refractivity contribution is 6.36. The van der Waals surface area contributed by atoms with Crippen LogP contribution < -0.4 is 19.5 Å². The van der Waals surface area contributed by atoms with Gasteiger partial charge in [0, 0.05) is 30.9 Å². The molecule has 0 aliphatic heterocycles. The summed E-state index contributed by atoms with van der Waals surface area (Å²) in [7, 11) is 2.89. The lowest BCUT2D eigenvalue weighted by atomic mass is 10.0. The van der Waals surface area contributed by atoms with E-state index in [1.54, 1.807) is 12.1 Å². The lowest BCUT2D eigenvalue weighted by Gasteiger charge is -2.17. The number of methoxy groups -OCH3 is 2. The second-order valence-corrected chi connectivity index (χ2v) is 8.17. The predicted molar refractivity (Wildman–Crippen MR) is 130 cm³/mol. The van der Waals surface area contributed by atoms with E-state index in [1.165, 1.54) is 26.6 Å². The van der Waals surface area contributed by atoms with Crippen LogP contribution in [0.1, 0.15) is 27.0 Å². The molecule has 0 aliphatic rings. The van der Waals surface area contributed by atoms with Crippen molar-refractivity contribution in [1.29, 1.82) is 0 Å². The highest BCUT2D eigenvalue weighted by Crippen LogP contribution is 2.40. The summed E-state index contributed by atoms with van der Waals surface area (Å²) in [6.07, 6.45) is 2.74. The molecule has 0 spiro atoms. The SMILES string of the molecule is COc1ccc(C(=O)Cc2c(Cl)cncc2Cl)c(OCC(=O)NCc2ccccc2C)c1OC. The van der Waals surface area contributed by atoms with Crippen molar-refractivity contribution < 1.29 is 23.8 Å². The van der Waals surface area contributed by atoms with Gasteiger partial charge in [-0.2, -0.15) is 0 Å². The maximum atomic E-state index is 13.2. The predicted octanol–water partition coefficient (Wildman–Crippen LogP) is 4.83. The van der Waals surface area contributed by atoms with Crippen LogP contribution in [0.4, 0.5) is 0 Å². The number of aromatic nitrogens is 1. The minimum atomic E-state index is -0.355. The zero-order valence-corrected chi connectivity index (χ0v) is 20.5. The second kappa shape index (κ2) is 11.7. The first kappa shape index (κ1) is 25.3. The summed E-state index contributed by atoms with van der Waals surface area (Å²) in [5.41, 5.74) is 2.71. The molecule has 9 heteroatoms. The topological polar surface area (TPSA) is 86.8 Å². The summed E-state index contributed by atoms with van der Waals surface area (Å²) >= 11 is 12.4. The number of ketones is 1. The first-order valence-corrected chi connectivity index (χ1v) is 11.1. The van der Waals surface area contributed by atoms with Crippen LogP contribution in [0.2, 0.25) is 10.0 Å². The van der Waals surface area contributed by atoms with Gasteiger partial charge in [-0.1, -0.05) is 47.5 Å². The number of nitrogens with one attached hydrogen (secondary N) is 1. The largest absolute Gasteiger partial charge is 0.493 e. The minimum Gasteiger partial charge on any atom is -0.493 e. The highest BCUT2D eigenvalue weighted by Gasteiger charge is 2.23. The van der Waals surface area contributed by atoms with E-state index in [9.17, 15) is 9.59 Å². The van der Waals surface area contributed by atoms with Crippen molar-refractivity contribution in [2.75, 3.05) is 20.8 Å². The normalized spacial score (nSPS) is 10.5. The second-order valence-electron chi connectivity index (χ2n) is 7.35.